The molecule has 1 aromatic heterocycles. The lowest BCUT2D eigenvalue weighted by Crippen LogP contribution is -2.36. The van der Waals surface area contributed by atoms with Crippen LogP contribution in [0.2, 0.25) is 0 Å². The van der Waals surface area contributed by atoms with Gasteiger partial charge in [-0.2, -0.15) is 5.26 Å². The van der Waals surface area contributed by atoms with Gasteiger partial charge in [0.15, 0.2) is 0 Å². The average molecular weight is 465 g/mol. The van der Waals surface area contributed by atoms with Crippen molar-refractivity contribution in [3.8, 4) is 17.3 Å². The SMILES string of the molecule is CCS(=O)(=O)Nc1ccc(-c2c(C#N)c3cc(N4CCOCC4)ccc3n2C2CCC2)cc1. The second kappa shape index (κ2) is 8.73. The fraction of sp³-hybridized carbons (Fsp3) is 0.400. The maximum atomic E-state index is 11.9. The van der Waals surface area contributed by atoms with Crippen molar-refractivity contribution in [2.45, 2.75) is 32.2 Å². The summed E-state index contributed by atoms with van der Waals surface area (Å²) in [5.41, 5.74) is 5.24. The number of aromatic nitrogens is 1. The first-order chi connectivity index (χ1) is 16.0. The standard InChI is InChI=1S/C25H28N4O3S/c1-2-33(30,31)27-19-8-6-18(7-9-19)25-23(17-26)22-16-21(28-12-14-32-15-13-28)10-11-24(22)29(25)20-4-3-5-20/h6-11,16,20,27H,2-5,12-15H2,1H3. The molecular weight excluding hydrogens is 436 g/mol. The van der Waals surface area contributed by atoms with Crippen LogP contribution in [0.15, 0.2) is 42.5 Å². The van der Waals surface area contributed by atoms with Crippen LogP contribution >= 0.6 is 0 Å². The van der Waals surface area contributed by atoms with Gasteiger partial charge in [-0.15, -0.1) is 0 Å². The number of nitrogens with one attached hydrogen (secondary N) is 1. The van der Waals surface area contributed by atoms with Crippen molar-refractivity contribution in [2.75, 3.05) is 41.7 Å². The smallest absolute Gasteiger partial charge is 0.232 e. The lowest BCUT2D eigenvalue weighted by Gasteiger charge is -2.31. The molecule has 2 aliphatic rings. The molecule has 2 aromatic carbocycles. The van der Waals surface area contributed by atoms with Crippen LogP contribution in [-0.2, 0) is 14.8 Å². The molecule has 3 aromatic rings. The van der Waals surface area contributed by atoms with E-state index in [4.69, 9.17) is 4.74 Å². The van der Waals surface area contributed by atoms with E-state index in [1.807, 2.05) is 12.1 Å². The molecule has 0 unspecified atom stereocenters. The van der Waals surface area contributed by atoms with Gasteiger partial charge in [-0.25, -0.2) is 8.42 Å². The Labute approximate surface area is 194 Å². The molecule has 8 heteroatoms. The predicted molar refractivity (Wildman–Crippen MR) is 131 cm³/mol. The van der Waals surface area contributed by atoms with E-state index in [1.165, 1.54) is 6.42 Å². The van der Waals surface area contributed by atoms with Gasteiger partial charge in [0.05, 0.1) is 35.7 Å². The molecule has 1 saturated heterocycles. The van der Waals surface area contributed by atoms with Crippen LogP contribution < -0.4 is 9.62 Å². The number of rotatable bonds is 6. The lowest BCUT2D eigenvalue weighted by atomic mass is 9.92. The van der Waals surface area contributed by atoms with E-state index in [2.05, 4.69) is 38.5 Å². The van der Waals surface area contributed by atoms with Crippen molar-refractivity contribution in [1.29, 1.82) is 5.26 Å². The highest BCUT2D eigenvalue weighted by molar-refractivity contribution is 7.92. The molecular formula is C25H28N4O3S. The fourth-order valence-electron chi connectivity index (χ4n) is 4.69. The van der Waals surface area contributed by atoms with Crippen LogP contribution in [0.4, 0.5) is 11.4 Å². The predicted octanol–water partition coefficient (Wildman–Crippen LogP) is 4.50. The molecule has 0 bridgehead atoms. The number of morpholine rings is 1. The Morgan fingerprint density at radius 2 is 1.85 bits per heavy atom. The number of hydrogen-bond donors (Lipinski definition) is 1. The van der Waals surface area contributed by atoms with Crippen LogP contribution in [0.1, 0.15) is 37.8 Å². The normalized spacial score (nSPS) is 17.0. The van der Waals surface area contributed by atoms with Gasteiger partial charge in [0.1, 0.15) is 6.07 Å². The number of sulfonamides is 1. The van der Waals surface area contributed by atoms with E-state index in [0.29, 0.717) is 30.5 Å². The van der Waals surface area contributed by atoms with Gasteiger partial charge < -0.3 is 14.2 Å². The number of nitriles is 1. The summed E-state index contributed by atoms with van der Waals surface area (Å²) in [7, 11) is -3.34. The third-order valence-corrected chi connectivity index (χ3v) is 8.03. The maximum absolute atomic E-state index is 11.9. The monoisotopic (exact) mass is 464 g/mol. The topological polar surface area (TPSA) is 87.4 Å². The van der Waals surface area contributed by atoms with Crippen LogP contribution in [0.3, 0.4) is 0 Å². The first kappa shape index (κ1) is 21.8. The van der Waals surface area contributed by atoms with Crippen LogP contribution in [-0.4, -0.2) is 45.0 Å². The summed E-state index contributed by atoms with van der Waals surface area (Å²) in [4.78, 5) is 2.30. The van der Waals surface area contributed by atoms with Crippen molar-refractivity contribution in [3.05, 3.63) is 48.0 Å². The van der Waals surface area contributed by atoms with Gasteiger partial charge in [0, 0.05) is 35.9 Å². The molecule has 0 amide bonds. The minimum atomic E-state index is -3.34. The van der Waals surface area contributed by atoms with E-state index < -0.39 is 10.0 Å². The van der Waals surface area contributed by atoms with E-state index in [9.17, 15) is 13.7 Å². The largest absolute Gasteiger partial charge is 0.378 e. The molecule has 2 fully saturated rings. The van der Waals surface area contributed by atoms with Gasteiger partial charge in [-0.1, -0.05) is 12.1 Å². The van der Waals surface area contributed by atoms with Crippen molar-refractivity contribution in [1.82, 2.24) is 4.57 Å². The highest BCUT2D eigenvalue weighted by atomic mass is 32.2. The van der Waals surface area contributed by atoms with Crippen molar-refractivity contribution >= 4 is 32.3 Å². The Morgan fingerprint density at radius 3 is 2.45 bits per heavy atom. The second-order valence-electron chi connectivity index (χ2n) is 8.67. The number of fused-ring (bicyclic) bond motifs is 1. The van der Waals surface area contributed by atoms with Gasteiger partial charge in [-0.3, -0.25) is 4.72 Å². The Hall–Kier alpha value is -3.02. The number of ether oxygens (including phenoxy) is 1. The fourth-order valence-corrected chi connectivity index (χ4v) is 5.33. The lowest BCUT2D eigenvalue weighted by molar-refractivity contribution is 0.122. The van der Waals surface area contributed by atoms with E-state index in [-0.39, 0.29) is 5.75 Å². The van der Waals surface area contributed by atoms with Crippen molar-refractivity contribution in [2.24, 2.45) is 0 Å². The summed E-state index contributed by atoms with van der Waals surface area (Å²) < 4.78 is 34.3. The third-order valence-electron chi connectivity index (χ3n) is 6.73. The first-order valence-electron chi connectivity index (χ1n) is 11.5. The third kappa shape index (κ3) is 4.07. The Bertz CT molecular complexity index is 1310. The van der Waals surface area contributed by atoms with Crippen LogP contribution in [0.5, 0.6) is 0 Å². The number of nitrogens with zero attached hydrogens (tertiary/aromatic N) is 3. The summed E-state index contributed by atoms with van der Waals surface area (Å²) in [6.45, 7) is 4.73. The van der Waals surface area contributed by atoms with E-state index in [0.717, 1.165) is 53.8 Å². The van der Waals surface area contributed by atoms with Gasteiger partial charge in [0.2, 0.25) is 10.0 Å². The average Bonchev–Trinajstić information content (AvgIpc) is 3.12. The molecule has 1 N–H and O–H groups in total. The quantitative estimate of drug-likeness (QED) is 0.580. The molecule has 5 rings (SSSR count). The molecule has 0 radical (unpaired) electrons. The van der Waals surface area contributed by atoms with Gasteiger partial charge >= 0.3 is 0 Å². The molecule has 7 nitrogen and oxygen atoms in total. The van der Waals surface area contributed by atoms with Crippen molar-refractivity contribution < 1.29 is 13.2 Å². The Morgan fingerprint density at radius 1 is 1.12 bits per heavy atom. The molecule has 0 spiro atoms. The summed E-state index contributed by atoms with van der Waals surface area (Å²) >= 11 is 0. The summed E-state index contributed by atoms with van der Waals surface area (Å²) in [5, 5.41) is 11.2. The molecule has 172 valence electrons. The highest BCUT2D eigenvalue weighted by Crippen LogP contribution is 2.43. The molecule has 2 heterocycles. The molecule has 1 aliphatic heterocycles. The Balaban J connectivity index is 1.62. The molecule has 0 atom stereocenters. The minimum absolute atomic E-state index is 0.0225. The highest BCUT2D eigenvalue weighted by Gasteiger charge is 2.28. The molecule has 33 heavy (non-hydrogen) atoms. The summed E-state index contributed by atoms with van der Waals surface area (Å²) in [6.07, 6.45) is 3.39. The second-order valence-corrected chi connectivity index (χ2v) is 10.7. The van der Waals surface area contributed by atoms with Gasteiger partial charge in [-0.05, 0) is 62.1 Å². The van der Waals surface area contributed by atoms with E-state index in [1.54, 1.807) is 19.1 Å². The zero-order valence-electron chi connectivity index (χ0n) is 18.8. The van der Waals surface area contributed by atoms with Crippen molar-refractivity contribution in [3.63, 3.8) is 0 Å². The minimum Gasteiger partial charge on any atom is -0.378 e. The summed E-state index contributed by atoms with van der Waals surface area (Å²) in [5.74, 6) is 0.0225. The zero-order chi connectivity index (χ0) is 23.0. The number of hydrogen-bond acceptors (Lipinski definition) is 5. The molecule has 1 saturated carbocycles. The summed E-state index contributed by atoms with van der Waals surface area (Å²) in [6, 6.07) is 16.6. The van der Waals surface area contributed by atoms with Crippen LogP contribution in [0.25, 0.3) is 22.2 Å². The number of benzene rings is 2. The zero-order valence-corrected chi connectivity index (χ0v) is 19.6. The van der Waals surface area contributed by atoms with E-state index >= 15 is 0 Å². The van der Waals surface area contributed by atoms with Crippen LogP contribution in [0, 0.1) is 11.3 Å². The van der Waals surface area contributed by atoms with Gasteiger partial charge in [0.25, 0.3) is 0 Å². The molecule has 1 aliphatic carbocycles. The maximum Gasteiger partial charge on any atom is 0.232 e. The first-order valence-corrected chi connectivity index (χ1v) is 13.2. The Kier molecular flexibility index (Phi) is 5.77. The number of anilines is 2.